The van der Waals surface area contributed by atoms with Gasteiger partial charge in [-0.25, -0.2) is 0 Å². The van der Waals surface area contributed by atoms with Crippen molar-refractivity contribution in [3.8, 4) is 0 Å². The summed E-state index contributed by atoms with van der Waals surface area (Å²) in [6.45, 7) is 2.27. The fraction of sp³-hybridized carbons (Fsp3) is 0.467. The molecule has 0 fully saturated rings. The van der Waals surface area contributed by atoms with Gasteiger partial charge < -0.3 is 20.7 Å². The molecular formula is C15H23N3O3. The Hall–Kier alpha value is -1.92. The van der Waals surface area contributed by atoms with E-state index in [-0.39, 0.29) is 24.8 Å². The lowest BCUT2D eigenvalue weighted by molar-refractivity contribution is -0.122. The molecule has 1 rings (SSSR count). The first-order valence-electron chi connectivity index (χ1n) is 6.99. The first kappa shape index (κ1) is 17.1. The molecule has 0 spiro atoms. The zero-order valence-electron chi connectivity index (χ0n) is 12.4. The number of carbonyl (C=O) groups excluding carboxylic acids is 2. The van der Waals surface area contributed by atoms with Gasteiger partial charge >= 0.3 is 0 Å². The van der Waals surface area contributed by atoms with Crippen LogP contribution in [-0.2, 0) is 20.9 Å². The SMILES string of the molecule is COCCNCC(=O)NCCC(=O)NCc1ccccc1. The van der Waals surface area contributed by atoms with E-state index in [2.05, 4.69) is 16.0 Å². The lowest BCUT2D eigenvalue weighted by atomic mass is 10.2. The molecule has 0 bridgehead atoms. The molecule has 0 aliphatic rings. The molecule has 116 valence electrons. The molecule has 0 heterocycles. The average molecular weight is 293 g/mol. The summed E-state index contributed by atoms with van der Waals surface area (Å²) in [5.74, 6) is -0.201. The Balaban J connectivity index is 2.04. The smallest absolute Gasteiger partial charge is 0.233 e. The Kier molecular flexibility index (Phi) is 8.83. The highest BCUT2D eigenvalue weighted by Gasteiger charge is 2.03. The van der Waals surface area contributed by atoms with Crippen LogP contribution < -0.4 is 16.0 Å². The van der Waals surface area contributed by atoms with Crippen LogP contribution in [0.25, 0.3) is 0 Å². The van der Waals surface area contributed by atoms with Gasteiger partial charge in [0.05, 0.1) is 13.2 Å². The molecule has 6 nitrogen and oxygen atoms in total. The van der Waals surface area contributed by atoms with E-state index in [4.69, 9.17) is 4.74 Å². The summed E-state index contributed by atoms with van der Waals surface area (Å²) < 4.78 is 4.85. The van der Waals surface area contributed by atoms with Crippen LogP contribution in [0.2, 0.25) is 0 Å². The minimum atomic E-state index is -0.123. The highest BCUT2D eigenvalue weighted by atomic mass is 16.5. The Morgan fingerprint density at radius 3 is 2.52 bits per heavy atom. The van der Waals surface area contributed by atoms with Crippen LogP contribution in [0, 0.1) is 0 Å². The second-order valence-electron chi connectivity index (χ2n) is 4.53. The van der Waals surface area contributed by atoms with Crippen molar-refractivity contribution in [1.29, 1.82) is 0 Å². The predicted molar refractivity (Wildman–Crippen MR) is 80.7 cm³/mol. The number of ether oxygens (including phenoxy) is 1. The predicted octanol–water partition coefficient (Wildman–Crippen LogP) is 0.0451. The maximum atomic E-state index is 11.6. The quantitative estimate of drug-likeness (QED) is 0.532. The number of rotatable bonds is 10. The Morgan fingerprint density at radius 2 is 1.81 bits per heavy atom. The van der Waals surface area contributed by atoms with Gasteiger partial charge in [0.15, 0.2) is 0 Å². The number of nitrogens with one attached hydrogen (secondary N) is 3. The van der Waals surface area contributed by atoms with Gasteiger partial charge in [-0.15, -0.1) is 0 Å². The second kappa shape index (κ2) is 10.8. The molecule has 0 saturated heterocycles. The van der Waals surface area contributed by atoms with E-state index in [0.29, 0.717) is 26.2 Å². The van der Waals surface area contributed by atoms with Crippen molar-refractivity contribution < 1.29 is 14.3 Å². The first-order chi connectivity index (χ1) is 10.2. The topological polar surface area (TPSA) is 79.5 Å². The molecule has 1 aromatic carbocycles. The minimum Gasteiger partial charge on any atom is -0.383 e. The van der Waals surface area contributed by atoms with Gasteiger partial charge in [-0.05, 0) is 5.56 Å². The van der Waals surface area contributed by atoms with Crippen LogP contribution in [0.3, 0.4) is 0 Å². The summed E-state index contributed by atoms with van der Waals surface area (Å²) in [6, 6.07) is 9.69. The third-order valence-corrected chi connectivity index (χ3v) is 2.78. The number of methoxy groups -OCH3 is 1. The molecular weight excluding hydrogens is 270 g/mol. The third kappa shape index (κ3) is 8.78. The molecule has 0 aliphatic heterocycles. The minimum absolute atomic E-state index is 0.0773. The molecule has 1 aromatic rings. The highest BCUT2D eigenvalue weighted by Crippen LogP contribution is 1.97. The summed E-state index contributed by atoms with van der Waals surface area (Å²) >= 11 is 0. The molecule has 0 aromatic heterocycles. The Morgan fingerprint density at radius 1 is 1.05 bits per heavy atom. The molecule has 0 unspecified atom stereocenters. The summed E-state index contributed by atoms with van der Waals surface area (Å²) in [6.07, 6.45) is 0.274. The third-order valence-electron chi connectivity index (χ3n) is 2.78. The summed E-state index contributed by atoms with van der Waals surface area (Å²) in [5.41, 5.74) is 1.05. The van der Waals surface area contributed by atoms with E-state index >= 15 is 0 Å². The molecule has 0 aliphatic carbocycles. The van der Waals surface area contributed by atoms with E-state index in [1.54, 1.807) is 7.11 Å². The Labute approximate surface area is 125 Å². The van der Waals surface area contributed by atoms with Gasteiger partial charge in [-0.2, -0.15) is 0 Å². The second-order valence-corrected chi connectivity index (χ2v) is 4.53. The van der Waals surface area contributed by atoms with Crippen molar-refractivity contribution in [1.82, 2.24) is 16.0 Å². The van der Waals surface area contributed by atoms with Crippen LogP contribution in [-0.4, -0.2) is 45.2 Å². The maximum Gasteiger partial charge on any atom is 0.233 e. The van der Waals surface area contributed by atoms with E-state index in [1.807, 2.05) is 30.3 Å². The zero-order chi connectivity index (χ0) is 15.3. The van der Waals surface area contributed by atoms with Crippen molar-refractivity contribution >= 4 is 11.8 Å². The lowest BCUT2D eigenvalue weighted by Gasteiger charge is -2.07. The average Bonchev–Trinajstić information content (AvgIpc) is 2.50. The fourth-order valence-electron chi connectivity index (χ4n) is 1.64. The molecule has 2 amide bonds. The number of hydrogen-bond acceptors (Lipinski definition) is 4. The zero-order valence-corrected chi connectivity index (χ0v) is 12.4. The van der Waals surface area contributed by atoms with Crippen molar-refractivity contribution in [3.05, 3.63) is 35.9 Å². The maximum absolute atomic E-state index is 11.6. The number of hydrogen-bond donors (Lipinski definition) is 3. The van der Waals surface area contributed by atoms with Gasteiger partial charge in [0.1, 0.15) is 0 Å². The van der Waals surface area contributed by atoms with Gasteiger partial charge in [0.2, 0.25) is 11.8 Å². The van der Waals surface area contributed by atoms with Crippen molar-refractivity contribution in [3.63, 3.8) is 0 Å². The van der Waals surface area contributed by atoms with Crippen molar-refractivity contribution in [2.24, 2.45) is 0 Å². The number of amides is 2. The van der Waals surface area contributed by atoms with Crippen molar-refractivity contribution in [2.45, 2.75) is 13.0 Å². The standard InChI is InChI=1S/C15H23N3O3/c1-21-10-9-16-12-15(20)17-8-7-14(19)18-11-13-5-3-2-4-6-13/h2-6,16H,7-12H2,1H3,(H,17,20)(H,18,19). The molecule has 0 saturated carbocycles. The molecule has 3 N–H and O–H groups in total. The number of carbonyl (C=O) groups is 2. The van der Waals surface area contributed by atoms with Crippen LogP contribution in [0.15, 0.2) is 30.3 Å². The van der Waals surface area contributed by atoms with Crippen LogP contribution in [0.4, 0.5) is 0 Å². The Bertz CT molecular complexity index is 423. The molecule has 0 atom stereocenters. The van der Waals surface area contributed by atoms with E-state index in [9.17, 15) is 9.59 Å². The van der Waals surface area contributed by atoms with Crippen LogP contribution in [0.5, 0.6) is 0 Å². The summed E-state index contributed by atoms with van der Waals surface area (Å²) in [5, 5.41) is 8.43. The lowest BCUT2D eigenvalue weighted by Crippen LogP contribution is -2.37. The van der Waals surface area contributed by atoms with E-state index < -0.39 is 0 Å². The van der Waals surface area contributed by atoms with Gasteiger partial charge in [-0.1, -0.05) is 30.3 Å². The summed E-state index contributed by atoms with van der Waals surface area (Å²) in [4.78, 5) is 23.0. The largest absolute Gasteiger partial charge is 0.383 e. The van der Waals surface area contributed by atoms with E-state index in [0.717, 1.165) is 5.56 Å². The normalized spacial score (nSPS) is 10.1. The van der Waals surface area contributed by atoms with Crippen LogP contribution in [0.1, 0.15) is 12.0 Å². The summed E-state index contributed by atoms with van der Waals surface area (Å²) in [7, 11) is 1.61. The van der Waals surface area contributed by atoms with E-state index in [1.165, 1.54) is 0 Å². The molecule has 21 heavy (non-hydrogen) atoms. The fourth-order valence-corrected chi connectivity index (χ4v) is 1.64. The number of benzene rings is 1. The molecule has 6 heteroatoms. The van der Waals surface area contributed by atoms with Gasteiger partial charge in [-0.3, -0.25) is 9.59 Å². The van der Waals surface area contributed by atoms with Crippen molar-refractivity contribution in [2.75, 3.05) is 33.4 Å². The van der Waals surface area contributed by atoms with Gasteiger partial charge in [0, 0.05) is 33.2 Å². The monoisotopic (exact) mass is 293 g/mol. The van der Waals surface area contributed by atoms with Gasteiger partial charge in [0.25, 0.3) is 0 Å². The van der Waals surface area contributed by atoms with Crippen LogP contribution >= 0.6 is 0 Å². The first-order valence-corrected chi connectivity index (χ1v) is 6.99. The molecule has 0 radical (unpaired) electrons. The highest BCUT2D eigenvalue weighted by molar-refractivity contribution is 5.80.